The van der Waals surface area contributed by atoms with Gasteiger partial charge in [0.05, 0.1) is 0 Å². The van der Waals surface area contributed by atoms with Crippen LogP contribution in [0, 0.1) is 0 Å². The van der Waals surface area contributed by atoms with Crippen LogP contribution in [0.4, 0.5) is 0 Å². The molecule has 108 valence electrons. The van der Waals surface area contributed by atoms with Crippen LogP contribution in [0.5, 0.6) is 0 Å². The minimum absolute atomic E-state index is 1.19. The second-order valence-electron chi connectivity index (χ2n) is 4.41. The van der Waals surface area contributed by atoms with E-state index in [2.05, 4.69) is 13.1 Å². The highest BCUT2D eigenvalue weighted by molar-refractivity contribution is 8.48. The zero-order chi connectivity index (χ0) is 14.3. The lowest BCUT2D eigenvalue weighted by molar-refractivity contribution is 0.283. The molecule has 2 rings (SSSR count). The molecular weight excluding hydrogens is 369 g/mol. The molecule has 0 aromatic heterocycles. The number of rotatable bonds is 2. The van der Waals surface area contributed by atoms with E-state index in [4.69, 9.17) is 24.7 Å². The molecule has 0 bridgehead atoms. The SMILES string of the molecule is C[Si]1O[Si](C)O[Si](C)(S[Si]2(C)O[Si](C)O[Si](C)O2)O1. The zero-order valence-electron chi connectivity index (χ0n) is 11.9. The van der Waals surface area contributed by atoms with E-state index in [0.717, 1.165) is 0 Å². The largest absolute Gasteiger partial charge is 0.414 e. The monoisotopic (exact) mass is 386 g/mol. The van der Waals surface area contributed by atoms with Crippen LogP contribution in [-0.2, 0) is 24.7 Å². The Labute approximate surface area is 127 Å². The van der Waals surface area contributed by atoms with Crippen molar-refractivity contribution in [1.82, 2.24) is 0 Å². The van der Waals surface area contributed by atoms with Crippen molar-refractivity contribution in [3.05, 3.63) is 0 Å². The summed E-state index contributed by atoms with van der Waals surface area (Å²) >= 11 is 0. The molecule has 2 aliphatic heterocycles. The van der Waals surface area contributed by atoms with Gasteiger partial charge in [-0.3, -0.25) is 0 Å². The maximum atomic E-state index is 6.02. The van der Waals surface area contributed by atoms with E-state index in [-0.39, 0.29) is 0 Å². The van der Waals surface area contributed by atoms with Crippen molar-refractivity contribution < 1.29 is 24.7 Å². The van der Waals surface area contributed by atoms with Gasteiger partial charge in [0.15, 0.2) is 0 Å². The Morgan fingerprint density at radius 1 is 0.632 bits per heavy atom. The molecular formula is C6H18O6SSi6. The Balaban J connectivity index is 2.05. The molecule has 2 aliphatic rings. The molecule has 0 atom stereocenters. The van der Waals surface area contributed by atoms with E-state index in [9.17, 15) is 0 Å². The van der Waals surface area contributed by atoms with Crippen LogP contribution in [0.3, 0.4) is 0 Å². The lowest BCUT2D eigenvalue weighted by atomic mass is 11.9. The van der Waals surface area contributed by atoms with E-state index in [1.165, 1.54) is 0 Å². The van der Waals surface area contributed by atoms with E-state index < -0.39 is 52.6 Å². The molecule has 0 spiro atoms. The summed E-state index contributed by atoms with van der Waals surface area (Å²) in [5.41, 5.74) is 0. The molecule has 19 heavy (non-hydrogen) atoms. The molecule has 2 fully saturated rings. The van der Waals surface area contributed by atoms with Gasteiger partial charge in [-0.2, -0.15) is 0 Å². The van der Waals surface area contributed by atoms with Gasteiger partial charge in [0, 0.05) is 0 Å². The minimum atomic E-state index is -2.31. The van der Waals surface area contributed by atoms with Crippen LogP contribution in [-0.4, -0.2) is 52.6 Å². The summed E-state index contributed by atoms with van der Waals surface area (Å²) in [5.74, 6) is 0. The molecule has 0 unspecified atom stereocenters. The fourth-order valence-electron chi connectivity index (χ4n) is 1.99. The molecule has 0 aromatic carbocycles. The summed E-state index contributed by atoms with van der Waals surface area (Å²) in [6, 6.07) is 0. The molecule has 0 amide bonds. The smallest absolute Gasteiger partial charge is 0.383 e. The Bertz CT molecular complexity index is 287. The van der Waals surface area contributed by atoms with Crippen LogP contribution < -0.4 is 0 Å². The summed E-state index contributed by atoms with van der Waals surface area (Å²) < 4.78 is 35.4. The lowest BCUT2D eigenvalue weighted by Gasteiger charge is -2.43. The highest BCUT2D eigenvalue weighted by Gasteiger charge is 2.54. The first-order valence-corrected chi connectivity index (χ1v) is 20.0. The summed E-state index contributed by atoms with van der Waals surface area (Å²) in [5, 5.41) is 0. The van der Waals surface area contributed by atoms with Gasteiger partial charge in [0.2, 0.25) is 0 Å². The van der Waals surface area contributed by atoms with Crippen molar-refractivity contribution in [2.24, 2.45) is 0 Å². The van der Waals surface area contributed by atoms with Gasteiger partial charge in [0.25, 0.3) is 0 Å². The van der Waals surface area contributed by atoms with Crippen molar-refractivity contribution in [2.75, 3.05) is 0 Å². The minimum Gasteiger partial charge on any atom is -0.414 e. The van der Waals surface area contributed by atoms with Gasteiger partial charge in [-0.1, -0.05) is 10.7 Å². The van der Waals surface area contributed by atoms with Crippen LogP contribution in [0.15, 0.2) is 0 Å². The predicted molar refractivity (Wildman–Crippen MR) is 83.8 cm³/mol. The molecule has 0 saturated carbocycles. The highest BCUT2D eigenvalue weighted by atomic mass is 32.5. The van der Waals surface area contributed by atoms with Crippen molar-refractivity contribution in [3.8, 4) is 0 Å². The summed E-state index contributed by atoms with van der Waals surface area (Å²) in [4.78, 5) is 0. The van der Waals surface area contributed by atoms with E-state index in [1.807, 2.05) is 26.2 Å². The molecule has 2 heterocycles. The Morgan fingerprint density at radius 2 is 0.895 bits per heavy atom. The number of hydrogen-bond donors (Lipinski definition) is 0. The van der Waals surface area contributed by atoms with Crippen molar-refractivity contribution in [1.29, 1.82) is 0 Å². The van der Waals surface area contributed by atoms with Crippen LogP contribution >= 0.6 is 10.7 Å². The third-order valence-electron chi connectivity index (χ3n) is 2.26. The highest BCUT2D eigenvalue weighted by Crippen LogP contribution is 2.39. The molecule has 13 heteroatoms. The summed E-state index contributed by atoms with van der Waals surface area (Å²) in [7, 11) is -7.70. The average Bonchev–Trinajstić information content (AvgIpc) is 2.08. The van der Waals surface area contributed by atoms with Crippen molar-refractivity contribution >= 4 is 63.2 Å². The summed E-state index contributed by atoms with van der Waals surface area (Å²) in [6.45, 7) is 12.2. The quantitative estimate of drug-likeness (QED) is 0.666. The average molecular weight is 387 g/mol. The standard InChI is InChI=1S/C6H18O6SSi6/c1-14-7-15(2)10-18(5,9-14)13-19(6)11-16(3)8-17(4)12-19/h1-6H3. The second-order valence-corrected chi connectivity index (χ2v) is 23.8. The second kappa shape index (κ2) is 6.26. The maximum Gasteiger partial charge on any atom is 0.383 e. The molecule has 4 radical (unpaired) electrons. The topological polar surface area (TPSA) is 55.4 Å². The first kappa shape index (κ1) is 16.8. The first-order valence-electron chi connectivity index (χ1n) is 5.86. The Kier molecular flexibility index (Phi) is 5.53. The van der Waals surface area contributed by atoms with Crippen LogP contribution in [0.2, 0.25) is 39.3 Å². The van der Waals surface area contributed by atoms with Crippen molar-refractivity contribution in [2.45, 2.75) is 39.3 Å². The molecule has 6 nitrogen and oxygen atoms in total. The van der Waals surface area contributed by atoms with E-state index >= 15 is 0 Å². The fraction of sp³-hybridized carbons (Fsp3) is 1.00. The lowest BCUT2D eigenvalue weighted by Crippen LogP contribution is -2.60. The zero-order valence-corrected chi connectivity index (χ0v) is 18.7. The molecule has 0 aliphatic carbocycles. The normalized spacial score (nSPS) is 30.6. The maximum absolute atomic E-state index is 6.02. The van der Waals surface area contributed by atoms with Gasteiger partial charge in [-0.05, 0) is 39.3 Å². The third kappa shape index (κ3) is 4.69. The number of hydrogen-bond acceptors (Lipinski definition) is 7. The van der Waals surface area contributed by atoms with Crippen LogP contribution in [0.1, 0.15) is 0 Å². The Hall–Kier alpha value is 1.41. The molecule has 2 saturated heterocycles. The fourth-order valence-corrected chi connectivity index (χ4v) is 36.5. The van der Waals surface area contributed by atoms with Gasteiger partial charge in [-0.15, -0.1) is 0 Å². The van der Waals surface area contributed by atoms with Crippen molar-refractivity contribution in [3.63, 3.8) is 0 Å². The van der Waals surface area contributed by atoms with E-state index in [1.54, 1.807) is 10.7 Å². The molecule has 0 aromatic rings. The van der Waals surface area contributed by atoms with Gasteiger partial charge >= 0.3 is 52.6 Å². The van der Waals surface area contributed by atoms with E-state index in [0.29, 0.717) is 0 Å². The predicted octanol–water partition coefficient (Wildman–Crippen LogP) is 1.46. The van der Waals surface area contributed by atoms with Gasteiger partial charge in [0.1, 0.15) is 0 Å². The first-order chi connectivity index (χ1) is 8.70. The summed E-state index contributed by atoms with van der Waals surface area (Å²) in [6.07, 6.45) is 0. The van der Waals surface area contributed by atoms with Gasteiger partial charge < -0.3 is 24.7 Å². The molecule has 0 N–H and O–H groups in total. The van der Waals surface area contributed by atoms with Crippen LogP contribution in [0.25, 0.3) is 0 Å². The third-order valence-corrected chi connectivity index (χ3v) is 30.0. The Morgan fingerprint density at radius 3 is 1.16 bits per heavy atom. The van der Waals surface area contributed by atoms with Gasteiger partial charge in [-0.25, -0.2) is 0 Å².